The number of hydrogen-bond donors (Lipinski definition) is 0. The van der Waals surface area contributed by atoms with Gasteiger partial charge in [0.05, 0.1) is 0 Å². The Morgan fingerprint density at radius 3 is 1.56 bits per heavy atom. The number of benzene rings is 1. The maximum atomic E-state index is 14.3. The second-order valence-corrected chi connectivity index (χ2v) is 9.20. The SMILES string of the molecule is CCCCCCCC(OS(=O)(=O)[O-])c1ccc(C(F)(F)C(F)(F)C(F)(F)C(F)(F)C(F)(F)C(F)(F)F)cc1.[Na+]. The summed E-state index contributed by atoms with van der Waals surface area (Å²) in [6, 6.07) is 0.512. The van der Waals surface area contributed by atoms with E-state index < -0.39 is 63.4 Å². The number of rotatable bonds is 14. The molecular formula is C20H20F13NaO4S. The summed E-state index contributed by atoms with van der Waals surface area (Å²) in [5.41, 5.74) is -2.67. The van der Waals surface area contributed by atoms with Crippen LogP contribution in [0.1, 0.15) is 62.7 Å². The van der Waals surface area contributed by atoms with Crippen molar-refractivity contribution < 1.29 is 104 Å². The van der Waals surface area contributed by atoms with Crippen molar-refractivity contribution in [1.29, 1.82) is 0 Å². The molecule has 0 aliphatic rings. The summed E-state index contributed by atoms with van der Waals surface area (Å²) in [6.07, 6.45) is -6.45. The van der Waals surface area contributed by atoms with Crippen LogP contribution in [0.5, 0.6) is 0 Å². The number of hydrogen-bond acceptors (Lipinski definition) is 4. The van der Waals surface area contributed by atoms with Gasteiger partial charge in [-0.1, -0.05) is 63.3 Å². The quantitative estimate of drug-likeness (QED) is 0.0983. The van der Waals surface area contributed by atoms with Crippen molar-refractivity contribution in [3.8, 4) is 0 Å². The Balaban J connectivity index is 0.0000144. The Morgan fingerprint density at radius 1 is 0.718 bits per heavy atom. The first-order chi connectivity index (χ1) is 16.9. The summed E-state index contributed by atoms with van der Waals surface area (Å²) in [5.74, 6) is -37.8. The molecule has 1 aromatic rings. The molecule has 0 spiro atoms. The van der Waals surface area contributed by atoms with Crippen LogP contribution in [0.4, 0.5) is 57.1 Å². The Kier molecular flexibility index (Phi) is 12.7. The molecule has 0 radical (unpaired) electrons. The van der Waals surface area contributed by atoms with Crippen LogP contribution in [-0.2, 0) is 20.5 Å². The van der Waals surface area contributed by atoms with Gasteiger partial charge >= 0.3 is 65.3 Å². The molecule has 39 heavy (non-hydrogen) atoms. The molecule has 0 bridgehead atoms. The molecule has 1 rings (SSSR count). The third-order valence-electron chi connectivity index (χ3n) is 5.38. The maximum absolute atomic E-state index is 14.3. The van der Waals surface area contributed by atoms with Crippen molar-refractivity contribution in [2.75, 3.05) is 0 Å². The van der Waals surface area contributed by atoms with Gasteiger partial charge in [-0.3, -0.25) is 4.18 Å². The van der Waals surface area contributed by atoms with Gasteiger partial charge in [-0.15, -0.1) is 0 Å². The molecule has 0 aliphatic heterocycles. The van der Waals surface area contributed by atoms with Gasteiger partial charge in [0.2, 0.25) is 10.4 Å². The molecule has 0 aromatic heterocycles. The van der Waals surface area contributed by atoms with Gasteiger partial charge in [0.1, 0.15) is 6.10 Å². The second-order valence-electron chi connectivity index (χ2n) is 8.19. The van der Waals surface area contributed by atoms with Crippen LogP contribution < -0.4 is 29.6 Å². The van der Waals surface area contributed by atoms with Crippen molar-refractivity contribution in [1.82, 2.24) is 0 Å². The molecule has 4 nitrogen and oxygen atoms in total. The monoisotopic (exact) mass is 626 g/mol. The van der Waals surface area contributed by atoms with Gasteiger partial charge in [-0.2, -0.15) is 57.1 Å². The number of unbranched alkanes of at least 4 members (excludes halogenated alkanes) is 4. The largest absolute Gasteiger partial charge is 1.00 e. The Bertz CT molecular complexity index is 1030. The third kappa shape index (κ3) is 7.93. The summed E-state index contributed by atoms with van der Waals surface area (Å²) in [7, 11) is -5.41. The summed E-state index contributed by atoms with van der Waals surface area (Å²) in [6.45, 7) is 1.87. The zero-order valence-corrected chi connectivity index (χ0v) is 22.9. The normalized spacial score (nSPS) is 15.2. The summed E-state index contributed by atoms with van der Waals surface area (Å²) < 4.78 is 210. The molecule has 0 fully saturated rings. The molecular weight excluding hydrogens is 606 g/mol. The Morgan fingerprint density at radius 2 is 1.15 bits per heavy atom. The zero-order valence-electron chi connectivity index (χ0n) is 20.1. The molecule has 222 valence electrons. The van der Waals surface area contributed by atoms with E-state index in [0.717, 1.165) is 12.8 Å². The number of halogens is 13. The molecule has 0 saturated heterocycles. The van der Waals surface area contributed by atoms with E-state index in [4.69, 9.17) is 0 Å². The molecule has 0 amide bonds. The Hall–Kier alpha value is -0.820. The zero-order chi connectivity index (χ0) is 30.0. The van der Waals surface area contributed by atoms with E-state index in [1.54, 1.807) is 0 Å². The summed E-state index contributed by atoms with van der Waals surface area (Å²) >= 11 is 0. The average Bonchev–Trinajstić information content (AvgIpc) is 2.76. The van der Waals surface area contributed by atoms with Gasteiger partial charge in [-0.05, 0) is 12.0 Å². The second kappa shape index (κ2) is 13.0. The van der Waals surface area contributed by atoms with E-state index in [1.807, 2.05) is 6.92 Å². The van der Waals surface area contributed by atoms with Crippen molar-refractivity contribution >= 4 is 10.4 Å². The van der Waals surface area contributed by atoms with Crippen LogP contribution in [-0.4, -0.2) is 42.8 Å². The van der Waals surface area contributed by atoms with Crippen molar-refractivity contribution in [3.05, 3.63) is 35.4 Å². The molecule has 0 heterocycles. The first-order valence-electron chi connectivity index (χ1n) is 10.6. The van der Waals surface area contributed by atoms with Crippen LogP contribution in [0.15, 0.2) is 24.3 Å². The standard InChI is InChI=1S/C20H21F13O4S.Na/c1-2-3-4-5-6-7-14(37-38(34,35)36)12-8-10-13(11-9-12)15(21,22)16(23,24)17(25,26)18(27,28)19(29,30)20(31,32)33;/h8-11,14H,2-7H2,1H3,(H,34,35,36);/q;+1/p-1. The first-order valence-corrected chi connectivity index (χ1v) is 11.9. The average molecular weight is 626 g/mol. The number of alkyl halides is 13. The van der Waals surface area contributed by atoms with E-state index in [1.165, 1.54) is 0 Å². The molecule has 1 aromatic carbocycles. The molecule has 0 N–H and O–H groups in total. The molecule has 19 heteroatoms. The van der Waals surface area contributed by atoms with Crippen LogP contribution in [0.25, 0.3) is 0 Å². The van der Waals surface area contributed by atoms with Gasteiger partial charge in [0.25, 0.3) is 0 Å². The van der Waals surface area contributed by atoms with Crippen LogP contribution >= 0.6 is 0 Å². The van der Waals surface area contributed by atoms with Crippen LogP contribution in [0.2, 0.25) is 0 Å². The first kappa shape index (κ1) is 38.2. The minimum atomic E-state index is -8.02. The fourth-order valence-corrected chi connectivity index (χ4v) is 3.70. The van der Waals surface area contributed by atoms with Crippen LogP contribution in [0.3, 0.4) is 0 Å². The molecule has 1 atom stereocenters. The summed E-state index contributed by atoms with van der Waals surface area (Å²) in [4.78, 5) is 0. The van der Waals surface area contributed by atoms with Crippen molar-refractivity contribution in [3.63, 3.8) is 0 Å². The van der Waals surface area contributed by atoms with Crippen molar-refractivity contribution in [2.45, 2.75) is 87.3 Å². The van der Waals surface area contributed by atoms with Gasteiger partial charge in [0, 0.05) is 5.56 Å². The predicted octanol–water partition coefficient (Wildman–Crippen LogP) is 4.76. The minimum Gasteiger partial charge on any atom is -0.726 e. The van der Waals surface area contributed by atoms with E-state index in [0.29, 0.717) is 25.0 Å². The summed E-state index contributed by atoms with van der Waals surface area (Å²) in [5, 5.41) is 0. The third-order valence-corrected chi connectivity index (χ3v) is 5.85. The van der Waals surface area contributed by atoms with Gasteiger partial charge in [0.15, 0.2) is 0 Å². The maximum Gasteiger partial charge on any atom is 1.00 e. The molecule has 0 saturated carbocycles. The predicted molar refractivity (Wildman–Crippen MR) is 103 cm³/mol. The van der Waals surface area contributed by atoms with Crippen LogP contribution in [0, 0.1) is 0 Å². The van der Waals surface area contributed by atoms with Crippen molar-refractivity contribution in [2.24, 2.45) is 0 Å². The van der Waals surface area contributed by atoms with E-state index in [-0.39, 0.29) is 54.5 Å². The molecule has 1 unspecified atom stereocenters. The minimum absolute atomic E-state index is 0. The van der Waals surface area contributed by atoms with Gasteiger partial charge < -0.3 is 4.55 Å². The molecule has 0 aliphatic carbocycles. The van der Waals surface area contributed by atoms with E-state index in [9.17, 15) is 70.0 Å². The topological polar surface area (TPSA) is 66.4 Å². The fourth-order valence-electron chi connectivity index (χ4n) is 3.20. The van der Waals surface area contributed by atoms with E-state index >= 15 is 0 Å². The van der Waals surface area contributed by atoms with Gasteiger partial charge in [-0.25, -0.2) is 8.42 Å². The fraction of sp³-hybridized carbons (Fsp3) is 0.700. The van der Waals surface area contributed by atoms with E-state index in [2.05, 4.69) is 4.18 Å². The smallest absolute Gasteiger partial charge is 0.726 e. The Labute approximate surface area is 236 Å².